The zero-order valence-corrected chi connectivity index (χ0v) is 14.0. The van der Waals surface area contributed by atoms with E-state index in [0.29, 0.717) is 25.7 Å². The van der Waals surface area contributed by atoms with Crippen LogP contribution in [0, 0.1) is 0 Å². The summed E-state index contributed by atoms with van der Waals surface area (Å²) >= 11 is 0. The fourth-order valence-corrected chi connectivity index (χ4v) is 4.24. The molecule has 0 bridgehead atoms. The first-order valence-corrected chi connectivity index (χ1v) is 8.67. The van der Waals surface area contributed by atoms with Crippen LogP contribution in [0.2, 0.25) is 0 Å². The van der Waals surface area contributed by atoms with Crippen molar-refractivity contribution in [2.45, 2.75) is 96.2 Å². The summed E-state index contributed by atoms with van der Waals surface area (Å²) < 4.78 is 0. The number of piperazine rings is 1. The van der Waals surface area contributed by atoms with Crippen molar-refractivity contribution in [2.75, 3.05) is 0 Å². The van der Waals surface area contributed by atoms with Crippen molar-refractivity contribution in [3.63, 3.8) is 0 Å². The molecule has 0 atom stereocenters. The van der Waals surface area contributed by atoms with Gasteiger partial charge in [0.05, 0.1) is 0 Å². The number of rotatable bonds is 5. The second kappa shape index (κ2) is 5.98. The molecule has 2 fully saturated rings. The van der Waals surface area contributed by atoms with Crippen LogP contribution in [0.15, 0.2) is 0 Å². The number of nitrogens with one attached hydrogen (secondary N) is 1. The average Bonchev–Trinajstić information content (AvgIpc) is 3.02. The highest BCUT2D eigenvalue weighted by molar-refractivity contribution is 6.02. The predicted molar refractivity (Wildman–Crippen MR) is 83.9 cm³/mol. The van der Waals surface area contributed by atoms with Gasteiger partial charge in [-0.3, -0.25) is 9.59 Å². The Morgan fingerprint density at radius 2 is 1.52 bits per heavy atom. The van der Waals surface area contributed by atoms with E-state index in [2.05, 4.69) is 5.32 Å². The molecule has 0 spiro atoms. The van der Waals surface area contributed by atoms with E-state index in [9.17, 15) is 9.59 Å². The molecule has 1 N–H and O–H groups in total. The third-order valence-corrected chi connectivity index (χ3v) is 5.93. The van der Waals surface area contributed by atoms with Gasteiger partial charge in [0.2, 0.25) is 11.8 Å². The van der Waals surface area contributed by atoms with Crippen molar-refractivity contribution in [2.24, 2.45) is 0 Å². The van der Waals surface area contributed by atoms with Crippen LogP contribution in [0.4, 0.5) is 0 Å². The molecule has 1 saturated heterocycles. The summed E-state index contributed by atoms with van der Waals surface area (Å²) in [6, 6.07) is 0.251. The minimum absolute atomic E-state index is 0.0581. The van der Waals surface area contributed by atoms with Crippen molar-refractivity contribution in [1.82, 2.24) is 10.2 Å². The molecular formula is C17H30N2O2. The minimum Gasteiger partial charge on any atom is -0.340 e. The van der Waals surface area contributed by atoms with E-state index in [1.807, 2.05) is 32.6 Å². The fourth-order valence-electron chi connectivity index (χ4n) is 4.24. The summed E-state index contributed by atoms with van der Waals surface area (Å²) in [5, 5.41) is 3.10. The van der Waals surface area contributed by atoms with Crippen LogP contribution in [-0.2, 0) is 9.59 Å². The largest absolute Gasteiger partial charge is 0.340 e. The third-order valence-electron chi connectivity index (χ3n) is 5.93. The van der Waals surface area contributed by atoms with Crippen LogP contribution < -0.4 is 5.32 Å². The highest BCUT2D eigenvalue weighted by Crippen LogP contribution is 2.40. The Kier molecular flexibility index (Phi) is 4.64. The first kappa shape index (κ1) is 16.3. The summed E-state index contributed by atoms with van der Waals surface area (Å²) in [7, 11) is 0. The molecule has 0 aromatic rings. The van der Waals surface area contributed by atoms with E-state index in [-0.39, 0.29) is 17.9 Å². The maximum absolute atomic E-state index is 13.3. The summed E-state index contributed by atoms with van der Waals surface area (Å²) in [6.45, 7) is 8.06. The maximum Gasteiger partial charge on any atom is 0.249 e. The van der Waals surface area contributed by atoms with Gasteiger partial charge in [0, 0.05) is 6.04 Å². The van der Waals surface area contributed by atoms with E-state index in [4.69, 9.17) is 0 Å². The van der Waals surface area contributed by atoms with Crippen LogP contribution in [0.3, 0.4) is 0 Å². The monoisotopic (exact) mass is 294 g/mol. The topological polar surface area (TPSA) is 49.4 Å². The molecule has 120 valence electrons. The van der Waals surface area contributed by atoms with Gasteiger partial charge in [-0.25, -0.2) is 0 Å². The lowest BCUT2D eigenvalue weighted by Crippen LogP contribution is -2.76. The Labute approximate surface area is 128 Å². The maximum atomic E-state index is 13.3. The number of carbonyl (C=O) groups excluding carboxylic acids is 2. The molecule has 0 radical (unpaired) electrons. The van der Waals surface area contributed by atoms with E-state index in [0.717, 1.165) is 12.8 Å². The van der Waals surface area contributed by atoms with Gasteiger partial charge in [0.1, 0.15) is 11.1 Å². The molecule has 4 nitrogen and oxygen atoms in total. The van der Waals surface area contributed by atoms with Crippen molar-refractivity contribution < 1.29 is 9.59 Å². The lowest BCUT2D eigenvalue weighted by molar-refractivity contribution is -0.168. The van der Waals surface area contributed by atoms with Gasteiger partial charge in [-0.1, -0.05) is 40.5 Å². The number of hydrogen-bond acceptors (Lipinski definition) is 2. The Morgan fingerprint density at radius 3 is 1.95 bits per heavy atom. The van der Waals surface area contributed by atoms with Crippen LogP contribution >= 0.6 is 0 Å². The summed E-state index contributed by atoms with van der Waals surface area (Å²) in [4.78, 5) is 28.2. The summed E-state index contributed by atoms with van der Waals surface area (Å²) in [5.41, 5.74) is -1.33. The quantitative estimate of drug-likeness (QED) is 0.847. The molecule has 1 heterocycles. The van der Waals surface area contributed by atoms with Crippen LogP contribution in [-0.4, -0.2) is 33.8 Å². The van der Waals surface area contributed by atoms with Gasteiger partial charge in [-0.2, -0.15) is 0 Å². The zero-order chi connectivity index (χ0) is 15.7. The van der Waals surface area contributed by atoms with Crippen molar-refractivity contribution in [3.8, 4) is 0 Å². The molecule has 0 unspecified atom stereocenters. The van der Waals surface area contributed by atoms with E-state index >= 15 is 0 Å². The fraction of sp³-hybridized carbons (Fsp3) is 0.882. The van der Waals surface area contributed by atoms with Gasteiger partial charge in [0.15, 0.2) is 0 Å². The molecule has 4 heteroatoms. The highest BCUT2D eigenvalue weighted by atomic mass is 16.2. The summed E-state index contributed by atoms with van der Waals surface area (Å²) in [5.74, 6) is 0.213. The smallest absolute Gasteiger partial charge is 0.249 e. The number of carbonyl (C=O) groups is 2. The van der Waals surface area contributed by atoms with Gasteiger partial charge < -0.3 is 10.2 Å². The van der Waals surface area contributed by atoms with Crippen molar-refractivity contribution in [3.05, 3.63) is 0 Å². The first-order valence-electron chi connectivity index (χ1n) is 8.67. The van der Waals surface area contributed by atoms with Gasteiger partial charge in [-0.15, -0.1) is 0 Å². The Balaban J connectivity index is 2.48. The molecule has 1 saturated carbocycles. The molecular weight excluding hydrogens is 264 g/mol. The van der Waals surface area contributed by atoms with Crippen LogP contribution in [0.1, 0.15) is 79.1 Å². The predicted octanol–water partition coefficient (Wildman–Crippen LogP) is 3.01. The Morgan fingerprint density at radius 1 is 1.00 bits per heavy atom. The number of amides is 2. The molecule has 1 aliphatic heterocycles. The number of nitrogens with zero attached hydrogens (tertiary/aromatic N) is 1. The second-order valence-corrected chi connectivity index (χ2v) is 6.60. The third kappa shape index (κ3) is 2.27. The zero-order valence-electron chi connectivity index (χ0n) is 14.0. The molecule has 1 aliphatic carbocycles. The highest BCUT2D eigenvalue weighted by Gasteiger charge is 2.57. The SMILES string of the molecule is CCC1(CC)NC(=O)C(CC)(CC)N(C2CCCC2)C1=O. The molecule has 2 aliphatic rings. The molecule has 21 heavy (non-hydrogen) atoms. The van der Waals surface area contributed by atoms with Gasteiger partial charge >= 0.3 is 0 Å². The number of hydrogen-bond donors (Lipinski definition) is 1. The van der Waals surface area contributed by atoms with Crippen LogP contribution in [0.5, 0.6) is 0 Å². The Bertz CT molecular complexity index is 405. The second-order valence-electron chi connectivity index (χ2n) is 6.60. The van der Waals surface area contributed by atoms with E-state index in [1.54, 1.807) is 0 Å². The van der Waals surface area contributed by atoms with Crippen LogP contribution in [0.25, 0.3) is 0 Å². The first-order chi connectivity index (χ1) is 10.0. The van der Waals surface area contributed by atoms with Crippen molar-refractivity contribution >= 4 is 11.8 Å². The average molecular weight is 294 g/mol. The molecule has 0 aromatic carbocycles. The minimum atomic E-state index is -0.687. The normalized spacial score (nSPS) is 25.2. The summed E-state index contributed by atoms with van der Waals surface area (Å²) in [6.07, 6.45) is 7.16. The van der Waals surface area contributed by atoms with Crippen molar-refractivity contribution in [1.29, 1.82) is 0 Å². The lowest BCUT2D eigenvalue weighted by Gasteiger charge is -2.54. The van der Waals surface area contributed by atoms with E-state index < -0.39 is 11.1 Å². The molecule has 2 amide bonds. The lowest BCUT2D eigenvalue weighted by atomic mass is 9.78. The standard InChI is InChI=1S/C17H30N2O2/c1-5-16(6-2)15(21)19(13-11-9-10-12-13)17(7-3,8-4)14(20)18-16/h13H,5-12H2,1-4H3,(H,18,20). The molecule has 2 rings (SSSR count). The van der Waals surface area contributed by atoms with E-state index in [1.165, 1.54) is 12.8 Å². The van der Waals surface area contributed by atoms with Gasteiger partial charge in [0.25, 0.3) is 0 Å². The molecule has 0 aromatic heterocycles. The van der Waals surface area contributed by atoms with Gasteiger partial charge in [-0.05, 0) is 38.5 Å². The Hall–Kier alpha value is -1.06.